The molecule has 1 aromatic heterocycles. The highest BCUT2D eigenvalue weighted by molar-refractivity contribution is 7.85. The third-order valence-corrected chi connectivity index (χ3v) is 3.26. The van der Waals surface area contributed by atoms with Gasteiger partial charge in [0.2, 0.25) is 5.75 Å². The molecular weight excluding hydrogens is 258 g/mol. The Morgan fingerprint density at radius 1 is 1.44 bits per heavy atom. The molecule has 2 rings (SSSR count). The molecule has 0 saturated carbocycles. The first-order valence-corrected chi connectivity index (χ1v) is 6.67. The van der Waals surface area contributed by atoms with Gasteiger partial charge in [0, 0.05) is 6.07 Å². The van der Waals surface area contributed by atoms with E-state index in [4.69, 9.17) is 9.44 Å². The summed E-state index contributed by atoms with van der Waals surface area (Å²) in [7, 11) is -4.27. The molecule has 0 spiro atoms. The molecule has 0 saturated heterocycles. The Bertz CT molecular complexity index is 633. The number of nitrogens with zero attached hydrogens (tertiary/aromatic N) is 1. The molecule has 0 unspecified atom stereocenters. The number of benzene rings is 1. The molecule has 18 heavy (non-hydrogen) atoms. The van der Waals surface area contributed by atoms with Crippen LogP contribution in [0.25, 0.3) is 0 Å². The molecule has 6 nitrogen and oxygen atoms in total. The first-order valence-electron chi connectivity index (χ1n) is 5.23. The Morgan fingerprint density at radius 3 is 2.78 bits per heavy atom. The second-order valence-corrected chi connectivity index (χ2v) is 4.93. The number of rotatable bonds is 4. The van der Waals surface area contributed by atoms with Crippen LogP contribution in [0.1, 0.15) is 12.5 Å². The Labute approximate surface area is 104 Å². The van der Waals surface area contributed by atoms with Gasteiger partial charge in [-0.25, -0.2) is 0 Å². The van der Waals surface area contributed by atoms with E-state index in [1.165, 1.54) is 18.5 Å². The van der Waals surface area contributed by atoms with E-state index in [1.54, 1.807) is 25.1 Å². The van der Waals surface area contributed by atoms with E-state index in [2.05, 4.69) is 5.16 Å². The molecule has 0 aliphatic carbocycles. The normalized spacial score (nSPS) is 11.4. The summed E-state index contributed by atoms with van der Waals surface area (Å²) in [5.74, 6) is 0.244. The second kappa shape index (κ2) is 4.79. The number of aryl methyl sites for hydroxylation is 1. The predicted molar refractivity (Wildman–Crippen MR) is 62.8 cm³/mol. The van der Waals surface area contributed by atoms with Crippen molar-refractivity contribution in [2.75, 3.05) is 0 Å². The van der Waals surface area contributed by atoms with Gasteiger partial charge in [0.15, 0.2) is 0 Å². The molecule has 0 aliphatic rings. The van der Waals surface area contributed by atoms with E-state index < -0.39 is 10.1 Å². The van der Waals surface area contributed by atoms with Gasteiger partial charge < -0.3 is 0 Å². The van der Waals surface area contributed by atoms with Crippen molar-refractivity contribution >= 4 is 10.1 Å². The summed E-state index contributed by atoms with van der Waals surface area (Å²) in [6, 6.07) is 6.07. The fourth-order valence-electron chi connectivity index (χ4n) is 1.50. The smallest absolute Gasteiger partial charge is 0.282 e. The molecular formula is C11H12NO5S+. The first kappa shape index (κ1) is 12.6. The molecule has 0 radical (unpaired) electrons. The lowest BCUT2D eigenvalue weighted by Gasteiger charge is -2.05. The lowest BCUT2D eigenvalue weighted by atomic mass is 10.2. The SMILES string of the molecule is CCc1ccc(O[o+]2cccn2)cc1S(=O)(=O)O. The van der Waals surface area contributed by atoms with Crippen molar-refractivity contribution in [3.63, 3.8) is 0 Å². The van der Waals surface area contributed by atoms with E-state index in [0.717, 1.165) is 0 Å². The third-order valence-electron chi connectivity index (χ3n) is 2.32. The fraction of sp³-hybridized carbons (Fsp3) is 0.182. The average molecular weight is 270 g/mol. The molecule has 1 N–H and O–H groups in total. The topological polar surface area (TPSA) is 79.2 Å². The van der Waals surface area contributed by atoms with Crippen LogP contribution in [0, 0.1) is 0 Å². The second-order valence-electron chi connectivity index (χ2n) is 3.54. The average Bonchev–Trinajstić information content (AvgIpc) is 2.80. The summed E-state index contributed by atoms with van der Waals surface area (Å²) in [6.45, 7) is 1.80. The van der Waals surface area contributed by atoms with Crippen molar-refractivity contribution in [2.24, 2.45) is 0 Å². The Hall–Kier alpha value is -1.86. The summed E-state index contributed by atoms with van der Waals surface area (Å²) in [5, 5.41) is 3.75. The molecule has 2 aromatic rings. The largest absolute Gasteiger partial charge is 0.321 e. The zero-order valence-electron chi connectivity index (χ0n) is 9.61. The van der Waals surface area contributed by atoms with Crippen LogP contribution < -0.4 is 4.89 Å². The van der Waals surface area contributed by atoms with Crippen LogP contribution in [-0.2, 0) is 16.5 Å². The van der Waals surface area contributed by atoms with Crippen LogP contribution in [0.3, 0.4) is 0 Å². The van der Waals surface area contributed by atoms with Crippen LogP contribution in [0.5, 0.6) is 5.75 Å². The van der Waals surface area contributed by atoms with Gasteiger partial charge in [-0.05, 0) is 18.1 Å². The monoisotopic (exact) mass is 270 g/mol. The lowest BCUT2D eigenvalue weighted by molar-refractivity contribution is -0.256. The lowest BCUT2D eigenvalue weighted by Crippen LogP contribution is -2.03. The molecule has 0 bridgehead atoms. The van der Waals surface area contributed by atoms with Crippen molar-refractivity contribution < 1.29 is 22.2 Å². The Balaban J connectivity index is 2.40. The molecule has 1 heterocycles. The van der Waals surface area contributed by atoms with Gasteiger partial charge >= 0.3 is 6.26 Å². The van der Waals surface area contributed by atoms with Crippen LogP contribution in [0.2, 0.25) is 0 Å². The van der Waals surface area contributed by atoms with Crippen molar-refractivity contribution in [2.45, 2.75) is 18.2 Å². The quantitative estimate of drug-likeness (QED) is 0.522. The fourth-order valence-corrected chi connectivity index (χ4v) is 2.31. The minimum absolute atomic E-state index is 0.157. The molecule has 0 amide bonds. The highest BCUT2D eigenvalue weighted by Gasteiger charge is 2.17. The van der Waals surface area contributed by atoms with E-state index >= 15 is 0 Å². The minimum Gasteiger partial charge on any atom is -0.282 e. The highest BCUT2D eigenvalue weighted by atomic mass is 32.2. The number of hydrogen-bond donors (Lipinski definition) is 1. The van der Waals surface area contributed by atoms with Crippen molar-refractivity contribution in [1.29, 1.82) is 0 Å². The van der Waals surface area contributed by atoms with Gasteiger partial charge in [-0.3, -0.25) is 4.55 Å². The van der Waals surface area contributed by atoms with Gasteiger partial charge in [0.25, 0.3) is 10.1 Å². The minimum atomic E-state index is -4.27. The molecule has 1 aromatic carbocycles. The summed E-state index contributed by atoms with van der Waals surface area (Å²) < 4.78 is 33.6. The summed E-state index contributed by atoms with van der Waals surface area (Å²) >= 11 is 0. The molecule has 0 atom stereocenters. The zero-order chi connectivity index (χ0) is 13.2. The van der Waals surface area contributed by atoms with Crippen molar-refractivity contribution in [3.8, 4) is 5.75 Å². The maximum Gasteiger partial charge on any atom is 0.321 e. The molecule has 96 valence electrons. The van der Waals surface area contributed by atoms with Crippen LogP contribution in [-0.4, -0.2) is 18.1 Å². The Morgan fingerprint density at radius 2 is 2.22 bits per heavy atom. The van der Waals surface area contributed by atoms with Gasteiger partial charge in [-0.1, -0.05) is 13.0 Å². The summed E-state index contributed by atoms with van der Waals surface area (Å²) in [4.78, 5) is 5.04. The van der Waals surface area contributed by atoms with Crippen LogP contribution >= 0.6 is 0 Å². The molecule has 0 aliphatic heterocycles. The van der Waals surface area contributed by atoms with Crippen LogP contribution in [0.4, 0.5) is 0 Å². The third kappa shape index (κ3) is 2.69. The van der Waals surface area contributed by atoms with Crippen LogP contribution in [0.15, 0.2) is 45.9 Å². The number of hydrogen-bond acceptors (Lipinski definition) is 4. The number of aromatic nitrogens is 1. The maximum absolute atomic E-state index is 11.2. The van der Waals surface area contributed by atoms with E-state index in [9.17, 15) is 8.42 Å². The van der Waals surface area contributed by atoms with E-state index in [-0.39, 0.29) is 10.6 Å². The molecule has 0 fully saturated rings. The Kier molecular flexibility index (Phi) is 3.35. The van der Waals surface area contributed by atoms with Gasteiger partial charge in [-0.2, -0.15) is 12.7 Å². The first-order chi connectivity index (χ1) is 8.50. The van der Waals surface area contributed by atoms with Gasteiger partial charge in [0.1, 0.15) is 16.2 Å². The van der Waals surface area contributed by atoms with Crippen molar-refractivity contribution in [3.05, 3.63) is 42.3 Å². The molecule has 7 heteroatoms. The summed E-state index contributed by atoms with van der Waals surface area (Å²) in [5.41, 5.74) is 0.523. The highest BCUT2D eigenvalue weighted by Crippen LogP contribution is 2.23. The predicted octanol–water partition coefficient (Wildman–Crippen LogP) is 2.01. The van der Waals surface area contributed by atoms with Gasteiger partial charge in [-0.15, -0.1) is 4.89 Å². The zero-order valence-corrected chi connectivity index (χ0v) is 10.4. The van der Waals surface area contributed by atoms with Gasteiger partial charge in [0.05, 0.1) is 6.07 Å². The summed E-state index contributed by atoms with van der Waals surface area (Å²) in [6.07, 6.45) is 3.47. The van der Waals surface area contributed by atoms with E-state index in [0.29, 0.717) is 12.0 Å². The standard InChI is InChI=1S/C11H11NO5S/c1-2-9-4-5-10(8-11(9)18(13,14)15)16-17-7-3-6-12-17/h3-8H,2H2,1H3/p+1. The van der Waals surface area contributed by atoms with E-state index in [1.807, 2.05) is 4.30 Å². The van der Waals surface area contributed by atoms with Crippen molar-refractivity contribution in [1.82, 2.24) is 5.16 Å². The maximum atomic E-state index is 11.2.